The average molecular weight is 403 g/mol. The van der Waals surface area contributed by atoms with Crippen molar-refractivity contribution in [1.82, 2.24) is 16.0 Å². The zero-order valence-corrected chi connectivity index (χ0v) is 17.2. The van der Waals surface area contributed by atoms with Crippen LogP contribution in [-0.4, -0.2) is 44.7 Å². The van der Waals surface area contributed by atoms with E-state index in [0.29, 0.717) is 36.2 Å². The Balaban J connectivity index is 1.69. The van der Waals surface area contributed by atoms with Crippen LogP contribution in [0.3, 0.4) is 0 Å². The SMILES string of the molecule is CN=C(NCCNC(=O)c1ccccc1Cl)NCC(C)Oc1ccccc1C. The normalized spacial score (nSPS) is 12.2. The topological polar surface area (TPSA) is 74.8 Å². The number of carbonyl (C=O) groups excluding carboxylic acids is 1. The zero-order valence-electron chi connectivity index (χ0n) is 16.5. The van der Waals surface area contributed by atoms with Crippen molar-refractivity contribution in [3.8, 4) is 5.75 Å². The summed E-state index contributed by atoms with van der Waals surface area (Å²) in [7, 11) is 1.70. The first-order valence-corrected chi connectivity index (χ1v) is 9.58. The molecular formula is C21H27ClN4O2. The average Bonchev–Trinajstić information content (AvgIpc) is 2.69. The molecule has 0 fully saturated rings. The van der Waals surface area contributed by atoms with Gasteiger partial charge in [-0.25, -0.2) is 0 Å². The largest absolute Gasteiger partial charge is 0.489 e. The number of halogens is 1. The summed E-state index contributed by atoms with van der Waals surface area (Å²) in [5, 5.41) is 9.64. The summed E-state index contributed by atoms with van der Waals surface area (Å²) in [6, 6.07) is 14.9. The number of rotatable bonds is 8. The van der Waals surface area contributed by atoms with Crippen molar-refractivity contribution < 1.29 is 9.53 Å². The minimum atomic E-state index is -0.199. The van der Waals surface area contributed by atoms with E-state index in [-0.39, 0.29) is 12.0 Å². The highest BCUT2D eigenvalue weighted by molar-refractivity contribution is 6.33. The maximum absolute atomic E-state index is 12.1. The zero-order chi connectivity index (χ0) is 20.4. The number of guanidine groups is 1. The molecule has 0 aromatic heterocycles. The molecule has 2 aromatic carbocycles. The Hall–Kier alpha value is -2.73. The molecule has 1 atom stereocenters. The molecule has 0 bridgehead atoms. The van der Waals surface area contributed by atoms with Crippen LogP contribution >= 0.6 is 11.6 Å². The van der Waals surface area contributed by atoms with Crippen molar-refractivity contribution in [2.45, 2.75) is 20.0 Å². The maximum Gasteiger partial charge on any atom is 0.252 e. The van der Waals surface area contributed by atoms with Crippen molar-refractivity contribution in [2.75, 3.05) is 26.7 Å². The lowest BCUT2D eigenvalue weighted by atomic mass is 10.2. The molecule has 7 heteroatoms. The van der Waals surface area contributed by atoms with Crippen LogP contribution in [0, 0.1) is 6.92 Å². The Labute approximate surface area is 171 Å². The highest BCUT2D eigenvalue weighted by Gasteiger charge is 2.09. The monoisotopic (exact) mass is 402 g/mol. The molecule has 0 aliphatic rings. The molecule has 1 unspecified atom stereocenters. The summed E-state index contributed by atoms with van der Waals surface area (Å²) in [6.45, 7) is 5.59. The molecule has 0 aliphatic heterocycles. The molecule has 6 nitrogen and oxygen atoms in total. The van der Waals surface area contributed by atoms with Crippen molar-refractivity contribution >= 4 is 23.5 Å². The van der Waals surface area contributed by atoms with Gasteiger partial charge in [0.2, 0.25) is 0 Å². The van der Waals surface area contributed by atoms with Gasteiger partial charge in [0.1, 0.15) is 11.9 Å². The number of hydrogen-bond donors (Lipinski definition) is 3. The Morgan fingerprint density at radius 1 is 1.07 bits per heavy atom. The maximum atomic E-state index is 12.1. The van der Waals surface area contributed by atoms with E-state index in [1.807, 2.05) is 38.1 Å². The molecule has 1 amide bonds. The van der Waals surface area contributed by atoms with Crippen molar-refractivity contribution in [2.24, 2.45) is 4.99 Å². The fraction of sp³-hybridized carbons (Fsp3) is 0.333. The number of para-hydroxylation sites is 1. The molecule has 0 radical (unpaired) electrons. The van der Waals surface area contributed by atoms with Crippen LogP contribution in [0.4, 0.5) is 0 Å². The van der Waals surface area contributed by atoms with Gasteiger partial charge in [0.15, 0.2) is 5.96 Å². The lowest BCUT2D eigenvalue weighted by Gasteiger charge is -2.19. The van der Waals surface area contributed by atoms with Gasteiger partial charge in [-0.05, 0) is 37.6 Å². The lowest BCUT2D eigenvalue weighted by Crippen LogP contribution is -2.44. The number of amides is 1. The molecule has 2 rings (SSSR count). The number of aliphatic imine (C=N–C) groups is 1. The fourth-order valence-electron chi connectivity index (χ4n) is 2.51. The van der Waals surface area contributed by atoms with Gasteiger partial charge >= 0.3 is 0 Å². The van der Waals surface area contributed by atoms with Gasteiger partial charge in [-0.15, -0.1) is 0 Å². The summed E-state index contributed by atoms with van der Waals surface area (Å²) in [5.74, 6) is 1.32. The van der Waals surface area contributed by atoms with E-state index >= 15 is 0 Å². The fourth-order valence-corrected chi connectivity index (χ4v) is 2.73. The van der Waals surface area contributed by atoms with E-state index in [4.69, 9.17) is 16.3 Å². The van der Waals surface area contributed by atoms with Crippen LogP contribution < -0.4 is 20.7 Å². The van der Waals surface area contributed by atoms with Crippen LogP contribution in [0.1, 0.15) is 22.8 Å². The third-order valence-corrected chi connectivity index (χ3v) is 4.35. The van der Waals surface area contributed by atoms with Crippen molar-refractivity contribution in [1.29, 1.82) is 0 Å². The van der Waals surface area contributed by atoms with Crippen molar-refractivity contribution in [3.05, 3.63) is 64.7 Å². The summed E-state index contributed by atoms with van der Waals surface area (Å²) >= 11 is 6.03. The number of ether oxygens (including phenoxy) is 1. The third-order valence-electron chi connectivity index (χ3n) is 4.02. The van der Waals surface area contributed by atoms with Crippen LogP contribution in [0.25, 0.3) is 0 Å². The van der Waals surface area contributed by atoms with Crippen LogP contribution in [-0.2, 0) is 0 Å². The molecule has 0 saturated heterocycles. The molecule has 0 spiro atoms. The van der Waals surface area contributed by atoms with Crippen LogP contribution in [0.15, 0.2) is 53.5 Å². The van der Waals surface area contributed by atoms with Crippen molar-refractivity contribution in [3.63, 3.8) is 0 Å². The molecule has 0 aliphatic carbocycles. The second-order valence-electron chi connectivity index (χ2n) is 6.31. The number of hydrogen-bond acceptors (Lipinski definition) is 3. The Morgan fingerprint density at radius 2 is 1.75 bits per heavy atom. The van der Waals surface area contributed by atoms with E-state index in [9.17, 15) is 4.79 Å². The molecule has 0 heterocycles. The number of carbonyl (C=O) groups is 1. The molecule has 0 saturated carbocycles. The van der Waals surface area contributed by atoms with Gasteiger partial charge < -0.3 is 20.7 Å². The van der Waals surface area contributed by atoms with Gasteiger partial charge in [-0.1, -0.05) is 41.9 Å². The van der Waals surface area contributed by atoms with Gasteiger partial charge in [0.25, 0.3) is 5.91 Å². The minimum Gasteiger partial charge on any atom is -0.489 e. The van der Waals surface area contributed by atoms with E-state index in [1.54, 1.807) is 31.3 Å². The Bertz CT molecular complexity index is 810. The quantitative estimate of drug-likeness (QED) is 0.360. The first kappa shape index (κ1) is 21.6. The van der Waals surface area contributed by atoms with Gasteiger partial charge in [-0.3, -0.25) is 9.79 Å². The van der Waals surface area contributed by atoms with E-state index in [0.717, 1.165) is 11.3 Å². The lowest BCUT2D eigenvalue weighted by molar-refractivity contribution is 0.0954. The highest BCUT2D eigenvalue weighted by Crippen LogP contribution is 2.17. The summed E-state index contributed by atoms with van der Waals surface area (Å²) in [5.41, 5.74) is 1.57. The predicted molar refractivity (Wildman–Crippen MR) is 114 cm³/mol. The number of benzene rings is 2. The third kappa shape index (κ3) is 6.78. The first-order chi connectivity index (χ1) is 13.5. The van der Waals surface area contributed by atoms with Gasteiger partial charge in [-0.2, -0.15) is 0 Å². The second-order valence-corrected chi connectivity index (χ2v) is 6.72. The van der Waals surface area contributed by atoms with E-state index in [1.165, 1.54) is 0 Å². The highest BCUT2D eigenvalue weighted by atomic mass is 35.5. The minimum absolute atomic E-state index is 0.0282. The summed E-state index contributed by atoms with van der Waals surface area (Å²) in [6.07, 6.45) is -0.0282. The molecular weight excluding hydrogens is 376 g/mol. The first-order valence-electron chi connectivity index (χ1n) is 9.20. The van der Waals surface area contributed by atoms with Crippen LogP contribution in [0.5, 0.6) is 5.75 Å². The van der Waals surface area contributed by atoms with E-state index < -0.39 is 0 Å². The standard InChI is InChI=1S/C21H27ClN4O2/c1-15-8-4-7-11-19(15)28-16(2)14-26-21(23-3)25-13-12-24-20(27)17-9-5-6-10-18(17)22/h4-11,16H,12-14H2,1-3H3,(H,24,27)(H2,23,25,26). The summed E-state index contributed by atoms with van der Waals surface area (Å²) < 4.78 is 5.94. The Morgan fingerprint density at radius 3 is 2.46 bits per heavy atom. The number of nitrogens with one attached hydrogen (secondary N) is 3. The van der Waals surface area contributed by atoms with Crippen LogP contribution in [0.2, 0.25) is 5.02 Å². The molecule has 2 aromatic rings. The number of nitrogens with zero attached hydrogens (tertiary/aromatic N) is 1. The molecule has 3 N–H and O–H groups in total. The Kier molecular flexibility index (Phi) is 8.62. The second kappa shape index (κ2) is 11.2. The summed E-state index contributed by atoms with van der Waals surface area (Å²) in [4.78, 5) is 16.3. The van der Waals surface area contributed by atoms with E-state index in [2.05, 4.69) is 20.9 Å². The number of aryl methyl sites for hydroxylation is 1. The van der Waals surface area contributed by atoms with Gasteiger partial charge in [0.05, 0.1) is 17.1 Å². The van der Waals surface area contributed by atoms with Gasteiger partial charge in [0, 0.05) is 20.1 Å². The smallest absolute Gasteiger partial charge is 0.252 e. The predicted octanol–water partition coefficient (Wildman–Crippen LogP) is 3.01. The molecule has 150 valence electrons. The molecule has 28 heavy (non-hydrogen) atoms.